The maximum Gasteiger partial charge on any atom is 0.410 e. The van der Waals surface area contributed by atoms with Gasteiger partial charge in [0.1, 0.15) is 11.9 Å². The molecule has 0 saturated carbocycles. The lowest BCUT2D eigenvalue weighted by molar-refractivity contribution is 0.0199. The molecule has 1 fully saturated rings. The predicted molar refractivity (Wildman–Crippen MR) is 97.4 cm³/mol. The lowest BCUT2D eigenvalue weighted by Gasteiger charge is -2.33. The lowest BCUT2D eigenvalue weighted by atomic mass is 10.0. The van der Waals surface area contributed by atoms with Crippen molar-refractivity contribution in [2.75, 3.05) is 13.1 Å². The van der Waals surface area contributed by atoms with Crippen LogP contribution in [0.15, 0.2) is 30.6 Å². The van der Waals surface area contributed by atoms with Gasteiger partial charge in [-0.3, -0.25) is 4.79 Å². The number of nitrogens with one attached hydrogen (secondary N) is 1. The van der Waals surface area contributed by atoms with Crippen molar-refractivity contribution in [1.29, 1.82) is 0 Å². The van der Waals surface area contributed by atoms with Crippen molar-refractivity contribution >= 4 is 12.0 Å². The number of benzene rings is 1. The van der Waals surface area contributed by atoms with Crippen LogP contribution in [0.3, 0.4) is 0 Å². The number of piperidine rings is 1. The Kier molecular flexibility index (Phi) is 5.38. The number of carbonyl (C=O) groups is 2. The molecule has 1 aromatic carbocycles. The van der Waals surface area contributed by atoms with E-state index in [-0.39, 0.29) is 18.0 Å². The van der Waals surface area contributed by atoms with Crippen molar-refractivity contribution in [2.24, 2.45) is 0 Å². The van der Waals surface area contributed by atoms with Crippen LogP contribution in [0.25, 0.3) is 5.69 Å². The van der Waals surface area contributed by atoms with Crippen LogP contribution in [0.5, 0.6) is 0 Å². The summed E-state index contributed by atoms with van der Waals surface area (Å²) in [4.78, 5) is 26.2. The zero-order valence-corrected chi connectivity index (χ0v) is 15.8. The monoisotopic (exact) mass is 372 g/mol. The van der Waals surface area contributed by atoms with Crippen LogP contribution in [0, 0.1) is 0 Å². The molecule has 0 unspecified atom stereocenters. The second-order valence-electron chi connectivity index (χ2n) is 7.52. The number of aromatic nitrogens is 4. The quantitative estimate of drug-likeness (QED) is 0.881. The van der Waals surface area contributed by atoms with Crippen LogP contribution in [0.2, 0.25) is 0 Å². The molecular formula is C18H24N6O3. The summed E-state index contributed by atoms with van der Waals surface area (Å²) in [5.74, 6) is -0.131. The molecule has 0 spiro atoms. The van der Waals surface area contributed by atoms with Crippen molar-refractivity contribution in [3.05, 3.63) is 36.2 Å². The summed E-state index contributed by atoms with van der Waals surface area (Å²) in [5, 5.41) is 14.0. The first kappa shape index (κ1) is 18.8. The Balaban J connectivity index is 1.50. The Hall–Kier alpha value is -2.97. The molecule has 0 radical (unpaired) electrons. The maximum absolute atomic E-state index is 12.5. The molecule has 0 atom stereocenters. The van der Waals surface area contributed by atoms with E-state index in [0.29, 0.717) is 31.5 Å². The van der Waals surface area contributed by atoms with Crippen molar-refractivity contribution in [3.8, 4) is 5.69 Å². The van der Waals surface area contributed by atoms with Gasteiger partial charge in [0.2, 0.25) is 0 Å². The molecule has 1 aromatic heterocycles. The summed E-state index contributed by atoms with van der Waals surface area (Å²) in [6, 6.07) is 7.09. The molecule has 1 N–H and O–H groups in total. The second-order valence-corrected chi connectivity index (χ2v) is 7.52. The summed E-state index contributed by atoms with van der Waals surface area (Å²) in [6.45, 7) is 6.68. The first-order valence-electron chi connectivity index (χ1n) is 8.94. The fourth-order valence-electron chi connectivity index (χ4n) is 2.85. The molecular weight excluding hydrogens is 348 g/mol. The van der Waals surface area contributed by atoms with E-state index in [1.807, 2.05) is 20.8 Å². The van der Waals surface area contributed by atoms with Gasteiger partial charge < -0.3 is 15.0 Å². The topological polar surface area (TPSA) is 102 Å². The number of hydrogen-bond donors (Lipinski definition) is 1. The summed E-state index contributed by atoms with van der Waals surface area (Å²) in [6.07, 6.45) is 2.60. The molecule has 3 rings (SSSR count). The van der Waals surface area contributed by atoms with Crippen LogP contribution in [-0.2, 0) is 4.74 Å². The SMILES string of the molecule is CC(C)(C)OC(=O)N1CCC(NC(=O)c2ccc(-n3cnnn3)cc2)CC1. The molecule has 0 aliphatic carbocycles. The minimum atomic E-state index is -0.503. The molecule has 1 aliphatic rings. The maximum atomic E-state index is 12.5. The third-order valence-electron chi connectivity index (χ3n) is 4.22. The highest BCUT2D eigenvalue weighted by molar-refractivity contribution is 5.94. The number of hydrogen-bond acceptors (Lipinski definition) is 6. The number of carbonyl (C=O) groups excluding carboxylic acids is 2. The highest BCUT2D eigenvalue weighted by atomic mass is 16.6. The van der Waals surface area contributed by atoms with E-state index in [1.54, 1.807) is 29.2 Å². The normalized spacial score (nSPS) is 15.4. The standard InChI is InChI=1S/C18H24N6O3/c1-18(2,3)27-17(26)23-10-8-14(9-11-23)20-16(25)13-4-6-15(7-5-13)24-12-19-21-22-24/h4-7,12,14H,8-11H2,1-3H3,(H,20,25). The highest BCUT2D eigenvalue weighted by Crippen LogP contribution is 2.16. The minimum Gasteiger partial charge on any atom is -0.444 e. The number of ether oxygens (including phenoxy) is 1. The van der Waals surface area contributed by atoms with Crippen LogP contribution in [0.1, 0.15) is 44.0 Å². The fraction of sp³-hybridized carbons (Fsp3) is 0.500. The van der Waals surface area contributed by atoms with E-state index in [4.69, 9.17) is 4.74 Å². The lowest BCUT2D eigenvalue weighted by Crippen LogP contribution is -2.47. The van der Waals surface area contributed by atoms with E-state index >= 15 is 0 Å². The van der Waals surface area contributed by atoms with Crippen molar-refractivity contribution in [1.82, 2.24) is 30.4 Å². The Bertz CT molecular complexity index is 774. The molecule has 9 heteroatoms. The summed E-state index contributed by atoms with van der Waals surface area (Å²) >= 11 is 0. The zero-order valence-electron chi connectivity index (χ0n) is 15.8. The third-order valence-corrected chi connectivity index (χ3v) is 4.22. The minimum absolute atomic E-state index is 0.0374. The van der Waals surface area contributed by atoms with Gasteiger partial charge in [-0.1, -0.05) is 0 Å². The Morgan fingerprint density at radius 1 is 1.15 bits per heavy atom. The van der Waals surface area contributed by atoms with Crippen LogP contribution < -0.4 is 5.32 Å². The van der Waals surface area contributed by atoms with Crippen LogP contribution in [-0.4, -0.2) is 61.8 Å². The van der Waals surface area contributed by atoms with E-state index in [9.17, 15) is 9.59 Å². The average molecular weight is 372 g/mol. The number of tetrazole rings is 1. The van der Waals surface area contributed by atoms with Crippen LogP contribution >= 0.6 is 0 Å². The van der Waals surface area contributed by atoms with E-state index in [2.05, 4.69) is 20.8 Å². The van der Waals surface area contributed by atoms with Gasteiger partial charge in [0.05, 0.1) is 5.69 Å². The molecule has 1 aliphatic heterocycles. The van der Waals surface area contributed by atoms with Gasteiger partial charge in [0, 0.05) is 24.7 Å². The highest BCUT2D eigenvalue weighted by Gasteiger charge is 2.27. The average Bonchev–Trinajstić information content (AvgIpc) is 3.15. The Labute approximate surface area is 157 Å². The largest absolute Gasteiger partial charge is 0.444 e. The molecule has 2 heterocycles. The van der Waals surface area contributed by atoms with Gasteiger partial charge in [0.15, 0.2) is 0 Å². The van der Waals surface area contributed by atoms with E-state index in [0.717, 1.165) is 5.69 Å². The van der Waals surface area contributed by atoms with Crippen molar-refractivity contribution < 1.29 is 14.3 Å². The molecule has 0 bridgehead atoms. The third kappa shape index (κ3) is 5.02. The first-order valence-corrected chi connectivity index (χ1v) is 8.94. The molecule has 27 heavy (non-hydrogen) atoms. The zero-order chi connectivity index (χ0) is 19.4. The fourth-order valence-corrected chi connectivity index (χ4v) is 2.85. The van der Waals surface area contributed by atoms with Gasteiger partial charge >= 0.3 is 6.09 Å². The molecule has 2 amide bonds. The van der Waals surface area contributed by atoms with Gasteiger partial charge in [-0.05, 0) is 68.3 Å². The molecule has 144 valence electrons. The van der Waals surface area contributed by atoms with E-state index in [1.165, 1.54) is 11.0 Å². The van der Waals surface area contributed by atoms with E-state index < -0.39 is 5.60 Å². The number of amides is 2. The molecule has 2 aromatic rings. The van der Waals surface area contributed by atoms with Crippen molar-refractivity contribution in [3.63, 3.8) is 0 Å². The number of likely N-dealkylation sites (tertiary alicyclic amines) is 1. The van der Waals surface area contributed by atoms with Gasteiger partial charge in [-0.25, -0.2) is 9.48 Å². The smallest absolute Gasteiger partial charge is 0.410 e. The first-order chi connectivity index (χ1) is 12.8. The predicted octanol–water partition coefficient (Wildman–Crippen LogP) is 1.79. The van der Waals surface area contributed by atoms with Crippen LogP contribution in [0.4, 0.5) is 4.79 Å². The van der Waals surface area contributed by atoms with Gasteiger partial charge in [-0.2, -0.15) is 0 Å². The molecule has 9 nitrogen and oxygen atoms in total. The second kappa shape index (κ2) is 7.73. The van der Waals surface area contributed by atoms with Gasteiger partial charge in [0.25, 0.3) is 5.91 Å². The summed E-state index contributed by atoms with van der Waals surface area (Å²) in [7, 11) is 0. The summed E-state index contributed by atoms with van der Waals surface area (Å²) < 4.78 is 6.91. The Morgan fingerprint density at radius 2 is 1.81 bits per heavy atom. The van der Waals surface area contributed by atoms with Gasteiger partial charge in [-0.15, -0.1) is 5.10 Å². The Morgan fingerprint density at radius 3 is 2.37 bits per heavy atom. The number of nitrogens with zero attached hydrogens (tertiary/aromatic N) is 5. The number of rotatable bonds is 3. The molecule has 1 saturated heterocycles. The van der Waals surface area contributed by atoms with Crippen molar-refractivity contribution in [2.45, 2.75) is 45.3 Å². The summed E-state index contributed by atoms with van der Waals surface area (Å²) in [5.41, 5.74) is 0.847.